The molecule has 3 aromatic rings. The van der Waals surface area contributed by atoms with Gasteiger partial charge >= 0.3 is 6.36 Å². The first kappa shape index (κ1) is 18.0. The molecule has 142 valence electrons. The Morgan fingerprint density at radius 2 is 2.00 bits per heavy atom. The first-order valence-corrected chi connectivity index (χ1v) is 9.17. The summed E-state index contributed by atoms with van der Waals surface area (Å²) in [6.07, 6.45) is -1.57. The van der Waals surface area contributed by atoms with Gasteiger partial charge in [-0.3, -0.25) is 9.36 Å². The average Bonchev–Trinajstić information content (AvgIpc) is 3.17. The van der Waals surface area contributed by atoms with Gasteiger partial charge in [-0.1, -0.05) is 12.1 Å². The number of aliphatic hydroxyl groups is 1. The van der Waals surface area contributed by atoms with Crippen molar-refractivity contribution in [3.8, 4) is 5.75 Å². The lowest BCUT2D eigenvalue weighted by molar-refractivity contribution is -0.274. The number of rotatable bonds is 4. The Morgan fingerprint density at radius 1 is 1.26 bits per heavy atom. The summed E-state index contributed by atoms with van der Waals surface area (Å²) in [4.78, 5) is 19.0. The third-order valence-electron chi connectivity index (χ3n) is 4.56. The molecule has 1 aliphatic rings. The van der Waals surface area contributed by atoms with Crippen molar-refractivity contribution >= 4 is 21.6 Å². The molecule has 4 rings (SSSR count). The predicted octanol–water partition coefficient (Wildman–Crippen LogP) is 3.58. The van der Waals surface area contributed by atoms with Gasteiger partial charge in [-0.2, -0.15) is 0 Å². The highest BCUT2D eigenvalue weighted by atomic mass is 32.1. The van der Waals surface area contributed by atoms with Crippen molar-refractivity contribution in [2.45, 2.75) is 38.3 Å². The van der Waals surface area contributed by atoms with Crippen molar-refractivity contribution in [1.82, 2.24) is 9.55 Å². The summed E-state index contributed by atoms with van der Waals surface area (Å²) in [7, 11) is 0. The van der Waals surface area contributed by atoms with Gasteiger partial charge in [0.05, 0.1) is 24.4 Å². The van der Waals surface area contributed by atoms with Crippen LogP contribution in [0.4, 0.5) is 13.2 Å². The minimum Gasteiger partial charge on any atom is -0.406 e. The molecular formula is C18H15F3N2O3S. The van der Waals surface area contributed by atoms with Crippen LogP contribution in [0.25, 0.3) is 10.2 Å². The van der Waals surface area contributed by atoms with E-state index in [9.17, 15) is 23.1 Å². The fraction of sp³-hybridized carbons (Fsp3) is 0.333. The summed E-state index contributed by atoms with van der Waals surface area (Å²) in [5.74, 6) is -0.368. The van der Waals surface area contributed by atoms with E-state index in [2.05, 4.69) is 9.72 Å². The number of alkyl halides is 3. The zero-order valence-electron chi connectivity index (χ0n) is 14.0. The Morgan fingerprint density at radius 3 is 2.70 bits per heavy atom. The summed E-state index contributed by atoms with van der Waals surface area (Å²) >= 11 is 1.54. The van der Waals surface area contributed by atoms with Crippen molar-refractivity contribution in [3.05, 3.63) is 57.0 Å². The van der Waals surface area contributed by atoms with E-state index in [4.69, 9.17) is 0 Å². The van der Waals surface area contributed by atoms with Gasteiger partial charge in [0, 0.05) is 4.88 Å². The van der Waals surface area contributed by atoms with Gasteiger partial charge < -0.3 is 9.84 Å². The number of halogens is 3. The van der Waals surface area contributed by atoms with Crippen LogP contribution < -0.4 is 10.3 Å². The Hall–Kier alpha value is -2.39. The maximum absolute atomic E-state index is 12.8. The first-order valence-electron chi connectivity index (χ1n) is 8.35. The lowest BCUT2D eigenvalue weighted by atomic mass is 10.1. The number of hydrogen-bond donors (Lipinski definition) is 1. The molecule has 1 atom stereocenters. The molecule has 1 aromatic carbocycles. The smallest absolute Gasteiger partial charge is 0.406 e. The molecule has 0 spiro atoms. The molecule has 1 N–H and O–H groups in total. The SMILES string of the molecule is O=c1c2c3c(sc2ncn1CC(O)c1ccc(OC(F)(F)F)cc1)CCC3. The number of aryl methyl sites for hydroxylation is 2. The molecule has 0 bridgehead atoms. The largest absolute Gasteiger partial charge is 0.573 e. The van der Waals surface area contributed by atoms with Gasteiger partial charge in [-0.05, 0) is 42.5 Å². The third kappa shape index (κ3) is 3.57. The van der Waals surface area contributed by atoms with Crippen LogP contribution in [0.2, 0.25) is 0 Å². The van der Waals surface area contributed by atoms with Gasteiger partial charge in [-0.25, -0.2) is 4.98 Å². The highest BCUT2D eigenvalue weighted by Gasteiger charge is 2.31. The van der Waals surface area contributed by atoms with E-state index in [-0.39, 0.29) is 17.9 Å². The van der Waals surface area contributed by atoms with Crippen LogP contribution >= 0.6 is 11.3 Å². The number of nitrogens with zero attached hydrogens (tertiary/aromatic N) is 2. The van der Waals surface area contributed by atoms with Gasteiger partial charge in [0.2, 0.25) is 0 Å². The number of ether oxygens (including phenoxy) is 1. The number of fused-ring (bicyclic) bond motifs is 3. The fourth-order valence-corrected chi connectivity index (χ4v) is 4.55. The Bertz CT molecular complexity index is 1040. The van der Waals surface area contributed by atoms with Crippen LogP contribution in [0.3, 0.4) is 0 Å². The summed E-state index contributed by atoms with van der Waals surface area (Å²) in [6, 6.07) is 4.93. The minimum absolute atomic E-state index is 0.0358. The second kappa shape index (κ2) is 6.65. The lowest BCUT2D eigenvalue weighted by Crippen LogP contribution is -2.24. The predicted molar refractivity (Wildman–Crippen MR) is 94.0 cm³/mol. The topological polar surface area (TPSA) is 64.4 Å². The molecule has 0 saturated carbocycles. The molecule has 2 heterocycles. The second-order valence-electron chi connectivity index (χ2n) is 6.37. The van der Waals surface area contributed by atoms with Crippen LogP contribution in [0.5, 0.6) is 5.75 Å². The number of aromatic nitrogens is 2. The number of aliphatic hydroxyl groups excluding tert-OH is 1. The van der Waals surface area contributed by atoms with Crippen molar-refractivity contribution in [1.29, 1.82) is 0 Å². The van der Waals surface area contributed by atoms with E-state index in [0.717, 1.165) is 37.0 Å². The Kier molecular flexibility index (Phi) is 4.43. The molecule has 0 amide bonds. The molecular weight excluding hydrogens is 381 g/mol. The highest BCUT2D eigenvalue weighted by molar-refractivity contribution is 7.18. The van der Waals surface area contributed by atoms with E-state index in [1.807, 2.05) is 0 Å². The normalized spacial score (nSPS) is 15.1. The highest BCUT2D eigenvalue weighted by Crippen LogP contribution is 2.34. The first-order chi connectivity index (χ1) is 12.8. The third-order valence-corrected chi connectivity index (χ3v) is 5.76. The summed E-state index contributed by atoms with van der Waals surface area (Å²) in [6.45, 7) is -0.0358. The molecule has 27 heavy (non-hydrogen) atoms. The quantitative estimate of drug-likeness (QED) is 0.732. The van der Waals surface area contributed by atoms with Crippen LogP contribution in [-0.4, -0.2) is 21.0 Å². The van der Waals surface area contributed by atoms with Crippen molar-refractivity contribution < 1.29 is 23.0 Å². The zero-order chi connectivity index (χ0) is 19.2. The molecule has 1 aliphatic carbocycles. The number of thiophene rings is 1. The van der Waals surface area contributed by atoms with Crippen LogP contribution in [0.1, 0.15) is 28.5 Å². The zero-order valence-corrected chi connectivity index (χ0v) is 14.8. The van der Waals surface area contributed by atoms with Gasteiger partial charge in [0.15, 0.2) is 0 Å². The lowest BCUT2D eigenvalue weighted by Gasteiger charge is -2.14. The van der Waals surface area contributed by atoms with Crippen molar-refractivity contribution in [2.75, 3.05) is 0 Å². The molecule has 1 unspecified atom stereocenters. The molecule has 5 nitrogen and oxygen atoms in total. The van der Waals surface area contributed by atoms with E-state index in [1.54, 1.807) is 0 Å². The molecule has 2 aromatic heterocycles. The average molecular weight is 396 g/mol. The summed E-state index contributed by atoms with van der Waals surface area (Å²) in [5.41, 5.74) is 1.24. The monoisotopic (exact) mass is 396 g/mol. The van der Waals surface area contributed by atoms with E-state index < -0.39 is 12.5 Å². The van der Waals surface area contributed by atoms with Crippen molar-refractivity contribution in [3.63, 3.8) is 0 Å². The summed E-state index contributed by atoms with van der Waals surface area (Å²) in [5, 5.41) is 11.0. The maximum Gasteiger partial charge on any atom is 0.573 e. The Labute approximate surface area is 155 Å². The van der Waals surface area contributed by atoms with E-state index in [0.29, 0.717) is 15.8 Å². The molecule has 0 radical (unpaired) electrons. The van der Waals surface area contributed by atoms with Gasteiger partial charge in [0.1, 0.15) is 10.6 Å². The number of benzene rings is 1. The van der Waals surface area contributed by atoms with Crippen LogP contribution in [0, 0.1) is 0 Å². The Balaban J connectivity index is 1.57. The molecule has 0 aliphatic heterocycles. The fourth-order valence-electron chi connectivity index (χ4n) is 3.33. The van der Waals surface area contributed by atoms with Crippen LogP contribution in [0.15, 0.2) is 35.4 Å². The maximum atomic E-state index is 12.8. The number of hydrogen-bond acceptors (Lipinski definition) is 5. The van der Waals surface area contributed by atoms with Crippen LogP contribution in [-0.2, 0) is 19.4 Å². The molecule has 0 fully saturated rings. The second-order valence-corrected chi connectivity index (χ2v) is 7.46. The van der Waals surface area contributed by atoms with E-state index in [1.165, 1.54) is 39.2 Å². The molecule has 9 heteroatoms. The minimum atomic E-state index is -4.77. The van der Waals surface area contributed by atoms with Gasteiger partial charge in [0.25, 0.3) is 5.56 Å². The summed E-state index contributed by atoms with van der Waals surface area (Å²) < 4.78 is 41.8. The van der Waals surface area contributed by atoms with E-state index >= 15 is 0 Å². The van der Waals surface area contributed by atoms with Gasteiger partial charge in [-0.15, -0.1) is 24.5 Å². The standard InChI is InChI=1S/C18H15F3N2O3S/c19-18(20,21)26-11-6-4-10(5-7-11)13(24)8-23-9-22-16-15(17(23)25)12-2-1-3-14(12)27-16/h4-7,9,13,24H,1-3,8H2. The van der Waals surface area contributed by atoms with Crippen molar-refractivity contribution in [2.24, 2.45) is 0 Å². The molecule has 0 saturated heterocycles.